The van der Waals surface area contributed by atoms with Crippen LogP contribution in [0.1, 0.15) is 26.0 Å². The Labute approximate surface area is 108 Å². The number of methoxy groups -OCH3 is 1. The zero-order valence-corrected chi connectivity index (χ0v) is 11.7. The fraction of sp³-hybridized carbons (Fsp3) is 0.615. The zero-order chi connectivity index (χ0) is 12.5. The summed E-state index contributed by atoms with van der Waals surface area (Å²) in [6.07, 6.45) is 1.20. The van der Waals surface area contributed by atoms with Crippen LogP contribution in [0, 0.1) is 0 Å². The number of nitrogens with zero attached hydrogens (tertiary/aromatic N) is 1. The van der Waals surface area contributed by atoms with E-state index in [2.05, 4.69) is 24.1 Å². The summed E-state index contributed by atoms with van der Waals surface area (Å²) in [5.41, 5.74) is 1.03. The van der Waals surface area contributed by atoms with Crippen molar-refractivity contribution in [2.75, 3.05) is 18.6 Å². The molecule has 1 aromatic rings. The number of aromatic nitrogens is 1. The lowest BCUT2D eigenvalue weighted by Crippen LogP contribution is -2.26. The smallest absolute Gasteiger partial charge is 0.213 e. The third kappa shape index (κ3) is 5.94. The van der Waals surface area contributed by atoms with Crippen LogP contribution < -0.4 is 10.1 Å². The van der Waals surface area contributed by atoms with Gasteiger partial charge < -0.3 is 10.1 Å². The van der Waals surface area contributed by atoms with E-state index in [1.54, 1.807) is 7.11 Å². The molecular weight excluding hydrogens is 232 g/mol. The number of thioether (sulfide) groups is 1. The lowest BCUT2D eigenvalue weighted by molar-refractivity contribution is 0.395. The Hall–Kier alpha value is -0.740. The second-order valence-corrected chi connectivity index (χ2v) is 5.33. The Balaban J connectivity index is 2.28. The monoisotopic (exact) mass is 254 g/mol. The first kappa shape index (κ1) is 14.3. The number of hydrogen-bond acceptors (Lipinski definition) is 4. The van der Waals surface area contributed by atoms with Crippen molar-refractivity contribution in [2.45, 2.75) is 32.9 Å². The molecule has 3 nitrogen and oxygen atoms in total. The molecule has 1 aromatic heterocycles. The van der Waals surface area contributed by atoms with Crippen LogP contribution in [0.4, 0.5) is 0 Å². The molecule has 0 radical (unpaired) electrons. The van der Waals surface area contributed by atoms with Gasteiger partial charge in [-0.1, -0.05) is 13.0 Å². The van der Waals surface area contributed by atoms with E-state index in [1.165, 1.54) is 17.9 Å². The van der Waals surface area contributed by atoms with Crippen LogP contribution in [0.3, 0.4) is 0 Å². The first-order valence-corrected chi connectivity index (χ1v) is 7.22. The number of hydrogen-bond donors (Lipinski definition) is 1. The second-order valence-electron chi connectivity index (χ2n) is 3.94. The largest absolute Gasteiger partial charge is 0.481 e. The van der Waals surface area contributed by atoms with Gasteiger partial charge in [0.25, 0.3) is 0 Å². The fourth-order valence-corrected chi connectivity index (χ4v) is 2.26. The van der Waals surface area contributed by atoms with Crippen molar-refractivity contribution in [3.63, 3.8) is 0 Å². The second kappa shape index (κ2) is 8.37. The first-order chi connectivity index (χ1) is 8.26. The van der Waals surface area contributed by atoms with Crippen molar-refractivity contribution in [1.29, 1.82) is 0 Å². The Bertz CT molecular complexity index is 320. The van der Waals surface area contributed by atoms with Crippen LogP contribution in [0.2, 0.25) is 0 Å². The predicted molar refractivity (Wildman–Crippen MR) is 74.7 cm³/mol. The Kier molecular flexibility index (Phi) is 7.05. The molecule has 0 saturated heterocycles. The molecule has 4 heteroatoms. The standard InChI is InChI=1S/C13H22N2OS/c1-4-17-9-8-11(2)14-10-12-6-5-7-13(15-12)16-3/h5-7,11,14H,4,8-10H2,1-3H3. The Morgan fingerprint density at radius 1 is 1.47 bits per heavy atom. The van der Waals surface area contributed by atoms with Crippen molar-refractivity contribution < 1.29 is 4.74 Å². The summed E-state index contributed by atoms with van der Waals surface area (Å²) in [6.45, 7) is 5.22. The molecule has 0 aliphatic carbocycles. The molecule has 0 spiro atoms. The molecule has 1 heterocycles. The lowest BCUT2D eigenvalue weighted by Gasteiger charge is -2.13. The van der Waals surface area contributed by atoms with Gasteiger partial charge in [-0.25, -0.2) is 4.98 Å². The number of pyridine rings is 1. The Morgan fingerprint density at radius 3 is 3.00 bits per heavy atom. The predicted octanol–water partition coefficient (Wildman–Crippen LogP) is 2.71. The highest BCUT2D eigenvalue weighted by atomic mass is 32.2. The van der Waals surface area contributed by atoms with E-state index in [0.29, 0.717) is 11.9 Å². The van der Waals surface area contributed by atoms with E-state index in [4.69, 9.17) is 4.74 Å². The van der Waals surface area contributed by atoms with Gasteiger partial charge in [-0.2, -0.15) is 11.8 Å². The highest BCUT2D eigenvalue weighted by Gasteiger charge is 2.02. The normalized spacial score (nSPS) is 12.4. The van der Waals surface area contributed by atoms with Crippen molar-refractivity contribution in [2.24, 2.45) is 0 Å². The third-order valence-electron chi connectivity index (χ3n) is 2.52. The van der Waals surface area contributed by atoms with Crippen LogP contribution in [0.5, 0.6) is 5.88 Å². The van der Waals surface area contributed by atoms with Gasteiger partial charge in [0, 0.05) is 18.7 Å². The van der Waals surface area contributed by atoms with E-state index in [9.17, 15) is 0 Å². The molecule has 1 unspecified atom stereocenters. The van der Waals surface area contributed by atoms with E-state index in [-0.39, 0.29) is 0 Å². The zero-order valence-electron chi connectivity index (χ0n) is 10.9. The number of rotatable bonds is 8. The van der Waals surface area contributed by atoms with Gasteiger partial charge in [0.05, 0.1) is 12.8 Å². The van der Waals surface area contributed by atoms with Gasteiger partial charge in [0.2, 0.25) is 5.88 Å². The van der Waals surface area contributed by atoms with Crippen molar-refractivity contribution >= 4 is 11.8 Å². The minimum atomic E-state index is 0.530. The summed E-state index contributed by atoms with van der Waals surface area (Å²) in [4.78, 5) is 4.37. The van der Waals surface area contributed by atoms with Gasteiger partial charge in [0.1, 0.15) is 0 Å². The molecule has 17 heavy (non-hydrogen) atoms. The summed E-state index contributed by atoms with van der Waals surface area (Å²) in [7, 11) is 1.64. The molecule has 1 rings (SSSR count). The van der Waals surface area contributed by atoms with Crippen molar-refractivity contribution in [3.8, 4) is 5.88 Å². The fourth-order valence-electron chi connectivity index (χ4n) is 1.46. The maximum atomic E-state index is 5.10. The topological polar surface area (TPSA) is 34.1 Å². The highest BCUT2D eigenvalue weighted by Crippen LogP contribution is 2.07. The number of nitrogens with one attached hydrogen (secondary N) is 1. The van der Waals surface area contributed by atoms with E-state index < -0.39 is 0 Å². The van der Waals surface area contributed by atoms with Crippen LogP contribution in [0.25, 0.3) is 0 Å². The average molecular weight is 254 g/mol. The molecule has 0 saturated carbocycles. The SMILES string of the molecule is CCSCCC(C)NCc1cccc(OC)n1. The van der Waals surface area contributed by atoms with Crippen molar-refractivity contribution in [3.05, 3.63) is 23.9 Å². The molecule has 0 bridgehead atoms. The minimum absolute atomic E-state index is 0.530. The minimum Gasteiger partial charge on any atom is -0.481 e. The maximum Gasteiger partial charge on any atom is 0.213 e. The van der Waals surface area contributed by atoms with E-state index in [1.807, 2.05) is 30.0 Å². The maximum absolute atomic E-state index is 5.10. The molecule has 0 aliphatic rings. The molecule has 1 N–H and O–H groups in total. The first-order valence-electron chi connectivity index (χ1n) is 6.07. The van der Waals surface area contributed by atoms with Gasteiger partial charge in [-0.3, -0.25) is 0 Å². The summed E-state index contributed by atoms with van der Waals surface area (Å²) in [6, 6.07) is 6.39. The molecule has 0 amide bonds. The molecule has 0 aromatic carbocycles. The average Bonchev–Trinajstić information content (AvgIpc) is 2.37. The van der Waals surface area contributed by atoms with Gasteiger partial charge >= 0.3 is 0 Å². The van der Waals surface area contributed by atoms with Crippen LogP contribution in [-0.2, 0) is 6.54 Å². The van der Waals surface area contributed by atoms with E-state index >= 15 is 0 Å². The van der Waals surface area contributed by atoms with Crippen LogP contribution >= 0.6 is 11.8 Å². The molecule has 0 aliphatic heterocycles. The van der Waals surface area contributed by atoms with Crippen molar-refractivity contribution in [1.82, 2.24) is 10.3 Å². The quantitative estimate of drug-likeness (QED) is 0.723. The summed E-state index contributed by atoms with van der Waals surface area (Å²) >= 11 is 1.99. The summed E-state index contributed by atoms with van der Waals surface area (Å²) in [5, 5.41) is 3.48. The van der Waals surface area contributed by atoms with Gasteiger partial charge in [0.15, 0.2) is 0 Å². The molecule has 0 fully saturated rings. The van der Waals surface area contributed by atoms with Gasteiger partial charge in [-0.15, -0.1) is 0 Å². The Morgan fingerprint density at radius 2 is 2.29 bits per heavy atom. The summed E-state index contributed by atoms with van der Waals surface area (Å²) < 4.78 is 5.10. The highest BCUT2D eigenvalue weighted by molar-refractivity contribution is 7.99. The van der Waals surface area contributed by atoms with Gasteiger partial charge in [-0.05, 0) is 30.9 Å². The summed E-state index contributed by atoms with van der Waals surface area (Å²) in [5.74, 6) is 3.10. The van der Waals surface area contributed by atoms with E-state index in [0.717, 1.165) is 12.2 Å². The lowest BCUT2D eigenvalue weighted by atomic mass is 10.2. The molecule has 1 atom stereocenters. The third-order valence-corrected chi connectivity index (χ3v) is 3.45. The molecule has 96 valence electrons. The van der Waals surface area contributed by atoms with Crippen LogP contribution in [0.15, 0.2) is 18.2 Å². The number of ether oxygens (including phenoxy) is 1. The van der Waals surface area contributed by atoms with Crippen LogP contribution in [-0.4, -0.2) is 29.6 Å². The molecular formula is C13H22N2OS.